The Kier molecular flexibility index (Phi) is 1.52. The van der Waals surface area contributed by atoms with Crippen LogP contribution in [0.1, 0.15) is 0 Å². The van der Waals surface area contributed by atoms with Crippen LogP contribution in [0.2, 0.25) is 0 Å². The normalized spacial score (nSPS) is 64.4. The number of ether oxygens (including phenoxy) is 1. The molecule has 13 heavy (non-hydrogen) atoms. The molecule has 3 aliphatic rings. The molecule has 0 aromatic carbocycles. The zero-order valence-electron chi connectivity index (χ0n) is 7.08. The number of rotatable bonds is 0. The molecule has 5 nitrogen and oxygen atoms in total. The minimum absolute atomic E-state index is 0.131. The van der Waals surface area contributed by atoms with Crippen LogP contribution in [0.25, 0.3) is 0 Å². The SMILES string of the molecule is O[C@H]1[C@H](O)[C@@H]2CO[C@@H]3[C@H]1N2C[C@H]3O. The van der Waals surface area contributed by atoms with E-state index in [1.165, 1.54) is 0 Å². The van der Waals surface area contributed by atoms with Crippen LogP contribution in [0.15, 0.2) is 0 Å². The zero-order chi connectivity index (χ0) is 9.16. The first-order valence-electron chi connectivity index (χ1n) is 4.61. The highest BCUT2D eigenvalue weighted by molar-refractivity contribution is 5.13. The van der Waals surface area contributed by atoms with Gasteiger partial charge in [-0.2, -0.15) is 0 Å². The summed E-state index contributed by atoms with van der Waals surface area (Å²) in [5, 5.41) is 28.9. The summed E-state index contributed by atoms with van der Waals surface area (Å²) < 4.78 is 5.40. The summed E-state index contributed by atoms with van der Waals surface area (Å²) in [5.41, 5.74) is 0. The lowest BCUT2D eigenvalue weighted by molar-refractivity contribution is -0.0682. The van der Waals surface area contributed by atoms with Crippen molar-refractivity contribution in [3.8, 4) is 0 Å². The van der Waals surface area contributed by atoms with Gasteiger partial charge in [0.2, 0.25) is 0 Å². The summed E-state index contributed by atoms with van der Waals surface area (Å²) in [4.78, 5) is 1.97. The van der Waals surface area contributed by atoms with Gasteiger partial charge in [0.15, 0.2) is 0 Å². The molecule has 0 radical (unpaired) electrons. The summed E-state index contributed by atoms with van der Waals surface area (Å²) in [6.07, 6.45) is -2.32. The number of hydrogen-bond acceptors (Lipinski definition) is 5. The Hall–Kier alpha value is -0.200. The Morgan fingerprint density at radius 2 is 1.92 bits per heavy atom. The quantitative estimate of drug-likeness (QED) is 0.392. The fraction of sp³-hybridized carbons (Fsp3) is 1.00. The molecule has 5 heteroatoms. The third-order valence-corrected chi connectivity index (χ3v) is 3.48. The lowest BCUT2D eigenvalue weighted by atomic mass is 10.0. The van der Waals surface area contributed by atoms with Crippen LogP contribution in [0.3, 0.4) is 0 Å². The predicted octanol–water partition coefficient (Wildman–Crippen LogP) is -2.47. The lowest BCUT2D eigenvalue weighted by Crippen LogP contribution is -2.47. The fourth-order valence-corrected chi connectivity index (χ4v) is 2.84. The third-order valence-electron chi connectivity index (χ3n) is 3.48. The van der Waals surface area contributed by atoms with E-state index in [-0.39, 0.29) is 18.2 Å². The number of aliphatic hydroxyl groups is 3. The summed E-state index contributed by atoms with van der Waals surface area (Å²) >= 11 is 0. The molecule has 4 bridgehead atoms. The average molecular weight is 187 g/mol. The minimum atomic E-state index is -0.769. The van der Waals surface area contributed by atoms with Gasteiger partial charge >= 0.3 is 0 Å². The summed E-state index contributed by atoms with van der Waals surface area (Å²) in [7, 11) is 0. The van der Waals surface area contributed by atoms with Gasteiger partial charge in [-0.3, -0.25) is 4.90 Å². The molecular formula is C8H13NO4. The van der Waals surface area contributed by atoms with E-state index < -0.39 is 18.3 Å². The van der Waals surface area contributed by atoms with Crippen molar-refractivity contribution in [3.63, 3.8) is 0 Å². The topological polar surface area (TPSA) is 73.2 Å². The van der Waals surface area contributed by atoms with E-state index in [1.54, 1.807) is 0 Å². The van der Waals surface area contributed by atoms with Gasteiger partial charge in [0.25, 0.3) is 0 Å². The van der Waals surface area contributed by atoms with Crippen LogP contribution < -0.4 is 0 Å². The number of morpholine rings is 1. The standard InChI is InChI=1S/C8H13NO4/c10-4-1-9-3-2-13-8(4)5(9)7(12)6(3)11/h3-8,10-12H,1-2H2/t3-,4+,5-,6+,7+,8-/m0/s1. The number of hydrogen-bond donors (Lipinski definition) is 3. The Morgan fingerprint density at radius 3 is 2.62 bits per heavy atom. The second kappa shape index (κ2) is 2.43. The smallest absolute Gasteiger partial charge is 0.103 e. The molecule has 3 heterocycles. The van der Waals surface area contributed by atoms with Crippen molar-refractivity contribution in [1.82, 2.24) is 4.90 Å². The molecule has 0 saturated carbocycles. The lowest BCUT2D eigenvalue weighted by Gasteiger charge is -2.30. The van der Waals surface area contributed by atoms with E-state index in [0.717, 1.165) is 0 Å². The van der Waals surface area contributed by atoms with E-state index in [1.807, 2.05) is 4.90 Å². The summed E-state index contributed by atoms with van der Waals surface area (Å²) in [5.74, 6) is 0. The molecule has 0 spiro atoms. The molecule has 0 aromatic rings. The molecule has 7 atom stereocenters. The molecule has 1 unspecified atom stereocenters. The van der Waals surface area contributed by atoms with Crippen LogP contribution in [0.4, 0.5) is 0 Å². The summed E-state index contributed by atoms with van der Waals surface area (Å²) in [6, 6.07) is -0.336. The van der Waals surface area contributed by atoms with Gasteiger partial charge < -0.3 is 20.1 Å². The highest BCUT2D eigenvalue weighted by Gasteiger charge is 2.60. The van der Waals surface area contributed by atoms with E-state index in [0.29, 0.717) is 13.2 Å². The first-order chi connectivity index (χ1) is 6.20. The van der Waals surface area contributed by atoms with Gasteiger partial charge in [-0.25, -0.2) is 0 Å². The van der Waals surface area contributed by atoms with E-state index in [9.17, 15) is 15.3 Å². The Labute approximate surface area is 75.5 Å². The van der Waals surface area contributed by atoms with E-state index >= 15 is 0 Å². The van der Waals surface area contributed by atoms with Gasteiger partial charge in [-0.15, -0.1) is 0 Å². The Bertz CT molecular complexity index is 234. The van der Waals surface area contributed by atoms with Crippen LogP contribution in [-0.2, 0) is 4.74 Å². The highest BCUT2D eigenvalue weighted by Crippen LogP contribution is 2.39. The van der Waals surface area contributed by atoms with Crippen molar-refractivity contribution < 1.29 is 20.1 Å². The second-order valence-corrected chi connectivity index (χ2v) is 4.10. The molecule has 3 N–H and O–H groups in total. The van der Waals surface area contributed by atoms with Crippen molar-refractivity contribution in [2.75, 3.05) is 13.2 Å². The minimum Gasteiger partial charge on any atom is -0.389 e. The molecule has 0 amide bonds. The first kappa shape index (κ1) is 8.14. The molecule has 0 aliphatic carbocycles. The molecule has 3 fully saturated rings. The van der Waals surface area contributed by atoms with Crippen LogP contribution >= 0.6 is 0 Å². The number of aliphatic hydroxyl groups excluding tert-OH is 3. The predicted molar refractivity (Wildman–Crippen MR) is 42.0 cm³/mol. The summed E-state index contributed by atoms with van der Waals surface area (Å²) in [6.45, 7) is 0.921. The first-order valence-corrected chi connectivity index (χ1v) is 4.61. The van der Waals surface area contributed by atoms with E-state index in [2.05, 4.69) is 0 Å². The Morgan fingerprint density at radius 1 is 1.15 bits per heavy atom. The monoisotopic (exact) mass is 187 g/mol. The van der Waals surface area contributed by atoms with Gasteiger partial charge in [-0.1, -0.05) is 0 Å². The van der Waals surface area contributed by atoms with Crippen molar-refractivity contribution in [2.45, 2.75) is 36.5 Å². The van der Waals surface area contributed by atoms with Gasteiger partial charge in [0.05, 0.1) is 37.0 Å². The van der Waals surface area contributed by atoms with Crippen LogP contribution in [0, 0.1) is 0 Å². The van der Waals surface area contributed by atoms with Crippen molar-refractivity contribution in [3.05, 3.63) is 0 Å². The maximum absolute atomic E-state index is 9.68. The molecule has 74 valence electrons. The molecule has 3 saturated heterocycles. The van der Waals surface area contributed by atoms with Crippen LogP contribution in [-0.4, -0.2) is 69.9 Å². The van der Waals surface area contributed by atoms with E-state index in [4.69, 9.17) is 4.74 Å². The Balaban J connectivity index is 1.98. The average Bonchev–Trinajstić information content (AvgIpc) is 2.39. The maximum Gasteiger partial charge on any atom is 0.103 e. The van der Waals surface area contributed by atoms with Crippen molar-refractivity contribution in [1.29, 1.82) is 0 Å². The molecular weight excluding hydrogens is 174 g/mol. The van der Waals surface area contributed by atoms with Gasteiger partial charge in [0, 0.05) is 6.54 Å². The second-order valence-electron chi connectivity index (χ2n) is 4.10. The third kappa shape index (κ3) is 0.837. The fourth-order valence-electron chi connectivity index (χ4n) is 2.84. The van der Waals surface area contributed by atoms with Crippen molar-refractivity contribution >= 4 is 0 Å². The maximum atomic E-state index is 9.68. The van der Waals surface area contributed by atoms with Gasteiger partial charge in [-0.05, 0) is 0 Å². The van der Waals surface area contributed by atoms with Crippen LogP contribution in [0.5, 0.6) is 0 Å². The largest absolute Gasteiger partial charge is 0.389 e. The van der Waals surface area contributed by atoms with Gasteiger partial charge in [0.1, 0.15) is 6.10 Å². The molecule has 3 rings (SSSR count). The zero-order valence-corrected chi connectivity index (χ0v) is 7.08. The molecule has 0 aromatic heterocycles. The molecule has 3 aliphatic heterocycles. The highest BCUT2D eigenvalue weighted by atomic mass is 16.5. The number of nitrogens with zero attached hydrogens (tertiary/aromatic N) is 1. The van der Waals surface area contributed by atoms with Crippen molar-refractivity contribution in [2.24, 2.45) is 0 Å².